The number of aromatic nitrogens is 2. The third-order valence-corrected chi connectivity index (χ3v) is 4.95. The molecule has 18 heavy (non-hydrogen) atoms. The first-order valence-corrected chi connectivity index (χ1v) is 7.66. The molecule has 1 aliphatic heterocycles. The number of anilines is 1. The molecule has 0 spiro atoms. The van der Waals surface area contributed by atoms with E-state index in [2.05, 4.69) is 51.9 Å². The molecule has 0 saturated carbocycles. The Bertz CT molecular complexity index is 529. The maximum absolute atomic E-state index is 4.64. The zero-order chi connectivity index (χ0) is 12.4. The van der Waals surface area contributed by atoms with Gasteiger partial charge in [0, 0.05) is 18.8 Å². The van der Waals surface area contributed by atoms with Crippen molar-refractivity contribution in [2.75, 3.05) is 17.6 Å². The summed E-state index contributed by atoms with van der Waals surface area (Å²) in [5.74, 6) is 2.30. The predicted octanol–water partition coefficient (Wildman–Crippen LogP) is 3.27. The number of thioether (sulfide) groups is 1. The summed E-state index contributed by atoms with van der Waals surface area (Å²) in [4.78, 5) is 4.64. The lowest BCUT2D eigenvalue weighted by atomic mass is 10.2. The average Bonchev–Trinajstić information content (AvgIpc) is 2.75. The highest BCUT2D eigenvalue weighted by Crippen LogP contribution is 2.25. The molecule has 1 saturated heterocycles. The first-order chi connectivity index (χ1) is 8.84. The van der Waals surface area contributed by atoms with Gasteiger partial charge < -0.3 is 9.88 Å². The van der Waals surface area contributed by atoms with Crippen LogP contribution < -0.4 is 5.32 Å². The summed E-state index contributed by atoms with van der Waals surface area (Å²) in [5.41, 5.74) is 2.26. The highest BCUT2D eigenvalue weighted by molar-refractivity contribution is 7.99. The van der Waals surface area contributed by atoms with Crippen molar-refractivity contribution in [2.24, 2.45) is 7.05 Å². The Morgan fingerprint density at radius 1 is 1.39 bits per heavy atom. The first-order valence-electron chi connectivity index (χ1n) is 6.61. The maximum atomic E-state index is 4.64. The summed E-state index contributed by atoms with van der Waals surface area (Å²) in [5, 5.41) is 4.25. The summed E-state index contributed by atoms with van der Waals surface area (Å²) >= 11 is 2.10. The van der Waals surface area contributed by atoms with Gasteiger partial charge in [-0.1, -0.05) is 18.6 Å². The Morgan fingerprint density at radius 3 is 3.06 bits per heavy atom. The SMILES string of the molecule is Cn1c(NCC2CCCCS2)nc2ccccc21. The molecule has 0 radical (unpaired) electrons. The van der Waals surface area contributed by atoms with E-state index in [4.69, 9.17) is 0 Å². The molecule has 0 amide bonds. The molecule has 1 aliphatic rings. The summed E-state index contributed by atoms with van der Waals surface area (Å²) in [6, 6.07) is 8.28. The fraction of sp³-hybridized carbons (Fsp3) is 0.500. The number of benzene rings is 1. The van der Waals surface area contributed by atoms with Crippen LogP contribution in [0, 0.1) is 0 Å². The molecule has 3 nitrogen and oxygen atoms in total. The smallest absolute Gasteiger partial charge is 0.203 e. The molecule has 1 fully saturated rings. The molecule has 1 aromatic heterocycles. The van der Waals surface area contributed by atoms with Gasteiger partial charge in [0.05, 0.1) is 11.0 Å². The van der Waals surface area contributed by atoms with Crippen LogP contribution in [0.4, 0.5) is 5.95 Å². The van der Waals surface area contributed by atoms with Gasteiger partial charge in [-0.05, 0) is 30.7 Å². The van der Waals surface area contributed by atoms with E-state index in [1.807, 2.05) is 6.07 Å². The van der Waals surface area contributed by atoms with Crippen LogP contribution in [-0.4, -0.2) is 27.1 Å². The van der Waals surface area contributed by atoms with Crippen molar-refractivity contribution in [3.05, 3.63) is 24.3 Å². The van der Waals surface area contributed by atoms with Crippen molar-refractivity contribution >= 4 is 28.7 Å². The van der Waals surface area contributed by atoms with Crippen LogP contribution in [0.2, 0.25) is 0 Å². The zero-order valence-corrected chi connectivity index (χ0v) is 11.5. The van der Waals surface area contributed by atoms with E-state index in [9.17, 15) is 0 Å². The van der Waals surface area contributed by atoms with Gasteiger partial charge in [0.25, 0.3) is 0 Å². The number of aryl methyl sites for hydroxylation is 1. The highest BCUT2D eigenvalue weighted by Gasteiger charge is 2.14. The molecule has 4 heteroatoms. The second kappa shape index (κ2) is 5.22. The summed E-state index contributed by atoms with van der Waals surface area (Å²) in [7, 11) is 2.08. The van der Waals surface area contributed by atoms with Crippen LogP contribution in [-0.2, 0) is 7.05 Å². The van der Waals surface area contributed by atoms with Gasteiger partial charge in [0.1, 0.15) is 0 Å². The second-order valence-electron chi connectivity index (χ2n) is 4.85. The second-order valence-corrected chi connectivity index (χ2v) is 6.26. The van der Waals surface area contributed by atoms with E-state index in [1.54, 1.807) is 0 Å². The van der Waals surface area contributed by atoms with E-state index in [-0.39, 0.29) is 0 Å². The molecule has 1 unspecified atom stereocenters. The molecule has 2 heterocycles. The van der Waals surface area contributed by atoms with Crippen LogP contribution in [0.5, 0.6) is 0 Å². The number of nitrogens with zero attached hydrogens (tertiary/aromatic N) is 2. The van der Waals surface area contributed by atoms with Crippen LogP contribution in [0.3, 0.4) is 0 Å². The molecular formula is C14H19N3S. The predicted molar refractivity (Wildman–Crippen MR) is 79.3 cm³/mol. The van der Waals surface area contributed by atoms with Gasteiger partial charge in [-0.25, -0.2) is 4.98 Å². The van der Waals surface area contributed by atoms with Crippen LogP contribution >= 0.6 is 11.8 Å². The van der Waals surface area contributed by atoms with Crippen LogP contribution in [0.15, 0.2) is 24.3 Å². The van der Waals surface area contributed by atoms with Crippen molar-refractivity contribution in [2.45, 2.75) is 24.5 Å². The third-order valence-electron chi connectivity index (χ3n) is 3.55. The van der Waals surface area contributed by atoms with Gasteiger partial charge in [-0.2, -0.15) is 11.8 Å². The number of rotatable bonds is 3. The van der Waals surface area contributed by atoms with Gasteiger partial charge >= 0.3 is 0 Å². The van der Waals surface area contributed by atoms with Gasteiger partial charge in [0.2, 0.25) is 5.95 Å². The number of hydrogen-bond donors (Lipinski definition) is 1. The monoisotopic (exact) mass is 261 g/mol. The fourth-order valence-electron chi connectivity index (χ4n) is 2.48. The molecule has 0 aliphatic carbocycles. The quantitative estimate of drug-likeness (QED) is 0.919. The molecule has 1 aromatic carbocycles. The lowest BCUT2D eigenvalue weighted by Gasteiger charge is -2.21. The van der Waals surface area contributed by atoms with E-state index >= 15 is 0 Å². The third kappa shape index (κ3) is 2.34. The van der Waals surface area contributed by atoms with Crippen molar-refractivity contribution < 1.29 is 0 Å². The van der Waals surface area contributed by atoms with E-state index < -0.39 is 0 Å². The molecule has 96 valence electrons. The minimum atomic E-state index is 0.749. The molecule has 3 rings (SSSR count). The number of imidazole rings is 1. The van der Waals surface area contributed by atoms with Gasteiger partial charge in [-0.15, -0.1) is 0 Å². The number of fused-ring (bicyclic) bond motifs is 1. The summed E-state index contributed by atoms with van der Waals surface area (Å²) < 4.78 is 2.14. The molecule has 1 atom stereocenters. The maximum Gasteiger partial charge on any atom is 0.203 e. The molecular weight excluding hydrogens is 242 g/mol. The lowest BCUT2D eigenvalue weighted by molar-refractivity contribution is 0.675. The van der Waals surface area contributed by atoms with Gasteiger partial charge in [0.15, 0.2) is 0 Å². The standard InChI is InChI=1S/C14H19N3S/c1-17-13-8-3-2-7-12(13)16-14(17)15-10-11-6-4-5-9-18-11/h2-3,7-8,11H,4-6,9-10H2,1H3,(H,15,16). The Hall–Kier alpha value is -1.16. The van der Waals surface area contributed by atoms with Crippen molar-refractivity contribution in [1.82, 2.24) is 9.55 Å². The molecule has 2 aromatic rings. The Kier molecular flexibility index (Phi) is 3.46. The van der Waals surface area contributed by atoms with E-state index in [1.165, 1.54) is 30.5 Å². The number of hydrogen-bond acceptors (Lipinski definition) is 3. The first kappa shape index (κ1) is 11.9. The normalized spacial score (nSPS) is 20.2. The van der Waals surface area contributed by atoms with E-state index in [0.29, 0.717) is 0 Å². The fourth-order valence-corrected chi connectivity index (χ4v) is 3.72. The molecule has 0 bridgehead atoms. The zero-order valence-electron chi connectivity index (χ0n) is 10.7. The minimum absolute atomic E-state index is 0.749. The van der Waals surface area contributed by atoms with Crippen molar-refractivity contribution in [3.8, 4) is 0 Å². The van der Waals surface area contributed by atoms with Gasteiger partial charge in [-0.3, -0.25) is 0 Å². The summed E-state index contributed by atoms with van der Waals surface area (Å²) in [6.45, 7) is 1.03. The van der Waals surface area contributed by atoms with Crippen molar-refractivity contribution in [1.29, 1.82) is 0 Å². The topological polar surface area (TPSA) is 29.9 Å². The van der Waals surface area contributed by atoms with Crippen molar-refractivity contribution in [3.63, 3.8) is 0 Å². The summed E-state index contributed by atoms with van der Waals surface area (Å²) in [6.07, 6.45) is 4.09. The number of nitrogens with one attached hydrogen (secondary N) is 1. The van der Waals surface area contributed by atoms with E-state index in [0.717, 1.165) is 23.3 Å². The minimum Gasteiger partial charge on any atom is -0.355 e. The Labute approximate surface area is 112 Å². The van der Waals surface area contributed by atoms with Crippen LogP contribution in [0.25, 0.3) is 11.0 Å². The largest absolute Gasteiger partial charge is 0.355 e. The van der Waals surface area contributed by atoms with Crippen LogP contribution in [0.1, 0.15) is 19.3 Å². The molecule has 1 N–H and O–H groups in total. The average molecular weight is 261 g/mol. The number of para-hydroxylation sites is 2. The Morgan fingerprint density at radius 2 is 2.28 bits per heavy atom. The lowest BCUT2D eigenvalue weighted by Crippen LogP contribution is -2.21. The Balaban J connectivity index is 1.72. The highest BCUT2D eigenvalue weighted by atomic mass is 32.2.